The van der Waals surface area contributed by atoms with Gasteiger partial charge in [-0.2, -0.15) is 9.61 Å². The molecule has 0 saturated carbocycles. The van der Waals surface area contributed by atoms with E-state index in [1.807, 2.05) is 31.2 Å². The van der Waals surface area contributed by atoms with Crippen molar-refractivity contribution in [3.63, 3.8) is 0 Å². The first-order valence-corrected chi connectivity index (χ1v) is 7.53. The third-order valence-electron chi connectivity index (χ3n) is 3.15. The normalized spacial score (nSPS) is 11.1. The van der Waals surface area contributed by atoms with Crippen LogP contribution in [0.3, 0.4) is 0 Å². The Bertz CT molecular complexity index is 821. The van der Waals surface area contributed by atoms with Gasteiger partial charge in [-0.25, -0.2) is 0 Å². The predicted molar refractivity (Wildman–Crippen MR) is 82.5 cm³/mol. The van der Waals surface area contributed by atoms with Crippen molar-refractivity contribution in [3.8, 4) is 11.3 Å². The van der Waals surface area contributed by atoms with E-state index in [0.29, 0.717) is 17.2 Å². The molecule has 21 heavy (non-hydrogen) atoms. The monoisotopic (exact) mass is 301 g/mol. The van der Waals surface area contributed by atoms with Crippen molar-refractivity contribution in [1.82, 2.24) is 19.8 Å². The van der Waals surface area contributed by atoms with E-state index in [0.717, 1.165) is 29.0 Å². The van der Waals surface area contributed by atoms with E-state index < -0.39 is 0 Å². The number of nitrogens with two attached hydrogens (primary N) is 1. The molecule has 0 bridgehead atoms. The fourth-order valence-corrected chi connectivity index (χ4v) is 2.87. The summed E-state index contributed by atoms with van der Waals surface area (Å²) in [6.07, 6.45) is 1.59. The van der Waals surface area contributed by atoms with Crippen molar-refractivity contribution in [2.45, 2.75) is 19.8 Å². The molecule has 0 radical (unpaired) electrons. The molecule has 3 rings (SSSR count). The van der Waals surface area contributed by atoms with Crippen LogP contribution < -0.4 is 11.3 Å². The Kier molecular flexibility index (Phi) is 3.76. The number of benzene rings is 1. The maximum Gasteiger partial charge on any atom is 0.302 e. The lowest BCUT2D eigenvalue weighted by Gasteiger charge is -1.99. The molecule has 3 aromatic rings. The number of hydrogen-bond donors (Lipinski definition) is 1. The maximum atomic E-state index is 12.5. The summed E-state index contributed by atoms with van der Waals surface area (Å²) >= 11 is 1.38. The molecule has 0 aliphatic carbocycles. The molecule has 108 valence electrons. The Hall–Kier alpha value is -2.12. The quantitative estimate of drug-likeness (QED) is 0.787. The molecule has 0 unspecified atom stereocenters. The minimum absolute atomic E-state index is 0.237. The minimum atomic E-state index is -0.237. The summed E-state index contributed by atoms with van der Waals surface area (Å²) in [6.45, 7) is 2.60. The van der Waals surface area contributed by atoms with E-state index in [2.05, 4.69) is 15.3 Å². The largest absolute Gasteiger partial charge is 0.330 e. The second kappa shape index (κ2) is 5.71. The first-order chi connectivity index (χ1) is 10.2. The van der Waals surface area contributed by atoms with E-state index >= 15 is 0 Å². The van der Waals surface area contributed by atoms with Crippen LogP contribution in [0.2, 0.25) is 0 Å². The summed E-state index contributed by atoms with van der Waals surface area (Å²) in [4.78, 5) is 13.0. The Morgan fingerprint density at radius 3 is 2.71 bits per heavy atom. The van der Waals surface area contributed by atoms with Gasteiger partial charge in [0.25, 0.3) is 0 Å². The van der Waals surface area contributed by atoms with E-state index in [-0.39, 0.29) is 5.56 Å². The Morgan fingerprint density at radius 1 is 1.24 bits per heavy atom. The van der Waals surface area contributed by atoms with Crippen LogP contribution in [0.25, 0.3) is 16.2 Å². The number of nitrogens with zero attached hydrogens (tertiary/aromatic N) is 4. The van der Waals surface area contributed by atoms with E-state index in [1.165, 1.54) is 15.9 Å². The molecule has 0 aliphatic heterocycles. The highest BCUT2D eigenvalue weighted by atomic mass is 32.1. The van der Waals surface area contributed by atoms with Crippen molar-refractivity contribution in [1.29, 1.82) is 0 Å². The fourth-order valence-electron chi connectivity index (χ4n) is 2.00. The van der Waals surface area contributed by atoms with E-state index in [1.54, 1.807) is 0 Å². The molecule has 6 nitrogen and oxygen atoms in total. The lowest BCUT2D eigenvalue weighted by atomic mass is 10.1. The molecule has 2 N–H and O–H groups in total. The van der Waals surface area contributed by atoms with Gasteiger partial charge in [-0.1, -0.05) is 41.2 Å². The summed E-state index contributed by atoms with van der Waals surface area (Å²) in [6, 6.07) is 7.63. The summed E-state index contributed by atoms with van der Waals surface area (Å²) < 4.78 is 1.33. The molecule has 0 atom stereocenters. The number of aryl methyl sites for hydroxylation is 2. The maximum absolute atomic E-state index is 12.5. The Labute approximate surface area is 125 Å². The van der Waals surface area contributed by atoms with E-state index in [4.69, 9.17) is 5.73 Å². The average molecular weight is 301 g/mol. The highest BCUT2D eigenvalue weighted by molar-refractivity contribution is 7.16. The van der Waals surface area contributed by atoms with Crippen LogP contribution in [-0.2, 0) is 6.42 Å². The highest BCUT2D eigenvalue weighted by Gasteiger charge is 2.13. The van der Waals surface area contributed by atoms with Crippen molar-refractivity contribution in [2.24, 2.45) is 5.73 Å². The molecule has 2 heterocycles. The standard InChI is InChI=1S/C14H15N5OS/c1-9-4-6-10(7-5-9)12-13(20)19-14(17-16-12)21-11(18-19)3-2-8-15/h4-7H,2-3,8,15H2,1H3. The smallest absolute Gasteiger partial charge is 0.302 e. The molecular weight excluding hydrogens is 286 g/mol. The van der Waals surface area contributed by atoms with Crippen molar-refractivity contribution < 1.29 is 0 Å². The van der Waals surface area contributed by atoms with Gasteiger partial charge in [0.1, 0.15) is 5.01 Å². The van der Waals surface area contributed by atoms with Crippen LogP contribution in [0, 0.1) is 6.92 Å². The molecular formula is C14H15N5OS. The number of rotatable bonds is 4. The van der Waals surface area contributed by atoms with Gasteiger partial charge >= 0.3 is 5.56 Å². The van der Waals surface area contributed by atoms with Gasteiger partial charge in [0, 0.05) is 12.0 Å². The van der Waals surface area contributed by atoms with Gasteiger partial charge in [0.15, 0.2) is 5.69 Å². The molecule has 7 heteroatoms. The number of aromatic nitrogens is 4. The third kappa shape index (κ3) is 2.70. The van der Waals surface area contributed by atoms with Crippen molar-refractivity contribution in [3.05, 3.63) is 45.2 Å². The molecule has 0 saturated heterocycles. The van der Waals surface area contributed by atoms with Crippen molar-refractivity contribution >= 4 is 16.3 Å². The molecule has 0 aliphatic rings. The number of fused-ring (bicyclic) bond motifs is 1. The van der Waals surface area contributed by atoms with Gasteiger partial charge in [-0.3, -0.25) is 4.79 Å². The second-order valence-corrected chi connectivity index (χ2v) is 5.84. The summed E-state index contributed by atoms with van der Waals surface area (Å²) in [5.74, 6) is 0. The minimum Gasteiger partial charge on any atom is -0.330 e. The predicted octanol–water partition coefficient (Wildman–Crippen LogP) is 1.41. The summed E-state index contributed by atoms with van der Waals surface area (Å²) in [7, 11) is 0. The lowest BCUT2D eigenvalue weighted by Crippen LogP contribution is -2.19. The van der Waals surface area contributed by atoms with Gasteiger partial charge in [0.2, 0.25) is 4.96 Å². The van der Waals surface area contributed by atoms with Gasteiger partial charge in [-0.05, 0) is 19.9 Å². The van der Waals surface area contributed by atoms with Gasteiger partial charge < -0.3 is 5.73 Å². The van der Waals surface area contributed by atoms with Crippen molar-refractivity contribution in [2.75, 3.05) is 6.54 Å². The van der Waals surface area contributed by atoms with Crippen LogP contribution in [0.4, 0.5) is 0 Å². The van der Waals surface area contributed by atoms with E-state index in [9.17, 15) is 4.79 Å². The average Bonchev–Trinajstić information content (AvgIpc) is 2.91. The zero-order valence-electron chi connectivity index (χ0n) is 11.6. The van der Waals surface area contributed by atoms with Crippen LogP contribution >= 0.6 is 11.3 Å². The lowest BCUT2D eigenvalue weighted by molar-refractivity contribution is 0.779. The van der Waals surface area contributed by atoms with Crippen LogP contribution in [0.1, 0.15) is 17.0 Å². The zero-order valence-corrected chi connectivity index (χ0v) is 12.4. The zero-order chi connectivity index (χ0) is 14.8. The van der Waals surface area contributed by atoms with Crippen LogP contribution in [0.5, 0.6) is 0 Å². The SMILES string of the molecule is Cc1ccc(-c2nnc3sc(CCCN)nn3c2=O)cc1. The van der Waals surface area contributed by atoms with Gasteiger partial charge in [-0.15, -0.1) is 10.2 Å². The molecule has 1 aromatic carbocycles. The summed E-state index contributed by atoms with van der Waals surface area (Å²) in [5.41, 5.74) is 7.46. The topological polar surface area (TPSA) is 86.2 Å². The van der Waals surface area contributed by atoms with Gasteiger partial charge in [0.05, 0.1) is 0 Å². The van der Waals surface area contributed by atoms with Crippen LogP contribution in [0.15, 0.2) is 29.1 Å². The Balaban J connectivity index is 2.07. The molecule has 0 spiro atoms. The molecule has 0 fully saturated rings. The molecule has 0 amide bonds. The fraction of sp³-hybridized carbons (Fsp3) is 0.286. The third-order valence-corrected chi connectivity index (χ3v) is 4.11. The first kappa shape index (κ1) is 13.8. The molecule has 2 aromatic heterocycles. The second-order valence-electron chi connectivity index (χ2n) is 4.80. The first-order valence-electron chi connectivity index (χ1n) is 6.71. The number of hydrogen-bond acceptors (Lipinski definition) is 6. The highest BCUT2D eigenvalue weighted by Crippen LogP contribution is 2.16. The van der Waals surface area contributed by atoms with Crippen LogP contribution in [-0.4, -0.2) is 26.4 Å². The summed E-state index contributed by atoms with van der Waals surface area (Å²) in [5, 5.41) is 13.3. The Morgan fingerprint density at radius 2 is 2.00 bits per heavy atom.